The summed E-state index contributed by atoms with van der Waals surface area (Å²) < 4.78 is 23.4. The minimum atomic E-state index is -3.63. The summed E-state index contributed by atoms with van der Waals surface area (Å²) in [4.78, 5) is 26.2. The maximum Gasteiger partial charge on any atom is 0.343 e. The van der Waals surface area contributed by atoms with Crippen molar-refractivity contribution in [1.29, 1.82) is 0 Å². The van der Waals surface area contributed by atoms with Crippen molar-refractivity contribution in [1.82, 2.24) is 4.90 Å². The highest BCUT2D eigenvalue weighted by atomic mass is 31.2. The topological polar surface area (TPSA) is 72.9 Å². The van der Waals surface area contributed by atoms with Gasteiger partial charge in [-0.1, -0.05) is 34.9 Å². The van der Waals surface area contributed by atoms with Gasteiger partial charge in [-0.2, -0.15) is 0 Å². The van der Waals surface area contributed by atoms with Crippen LogP contribution in [0.1, 0.15) is 73.6 Å². The number of hydrogen-bond donors (Lipinski definition) is 0. The second kappa shape index (κ2) is 13.0. The molecule has 0 aromatic rings. The zero-order valence-electron chi connectivity index (χ0n) is 19.4. The molecular weight excluding hydrogens is 401 g/mol. The van der Waals surface area contributed by atoms with E-state index in [-0.39, 0.29) is 32.1 Å². The average Bonchev–Trinajstić information content (AvgIpc) is 2.94. The Hall–Kier alpha value is -1.49. The molecular formula is C23H38NO5P. The normalized spacial score (nSPS) is 18.3. The first kappa shape index (κ1) is 26.5. The van der Waals surface area contributed by atoms with Crippen LogP contribution in [0.3, 0.4) is 0 Å². The molecule has 1 rings (SSSR count). The van der Waals surface area contributed by atoms with E-state index >= 15 is 0 Å². The average molecular weight is 440 g/mol. The van der Waals surface area contributed by atoms with Crippen LogP contribution in [0, 0.1) is 0 Å². The Labute approximate surface area is 181 Å². The number of carbonyl (C=O) groups excluding carboxylic acids is 2. The van der Waals surface area contributed by atoms with Crippen LogP contribution >= 0.6 is 7.60 Å². The molecule has 1 saturated heterocycles. The number of allylic oxidation sites excluding steroid dienone is 5. The SMILES string of the molecule is CCOP(=O)(OCC)C1CC(=O)N(C/C=C(\C)CC/C=C(\C)CCC=C(C)C)C1=O. The van der Waals surface area contributed by atoms with Gasteiger partial charge in [0.15, 0.2) is 0 Å². The molecule has 0 spiro atoms. The lowest BCUT2D eigenvalue weighted by Crippen LogP contribution is -2.32. The largest absolute Gasteiger partial charge is 0.343 e. The molecule has 1 fully saturated rings. The third-order valence-corrected chi connectivity index (χ3v) is 7.37. The van der Waals surface area contributed by atoms with Crippen molar-refractivity contribution >= 4 is 19.4 Å². The molecule has 0 aliphatic carbocycles. The Morgan fingerprint density at radius 3 is 2.03 bits per heavy atom. The van der Waals surface area contributed by atoms with Crippen LogP contribution < -0.4 is 0 Å². The number of imide groups is 1. The molecule has 2 amide bonds. The summed E-state index contributed by atoms with van der Waals surface area (Å²) in [6.45, 7) is 12.3. The van der Waals surface area contributed by atoms with E-state index in [0.717, 1.165) is 31.3 Å². The predicted molar refractivity (Wildman–Crippen MR) is 121 cm³/mol. The fourth-order valence-electron chi connectivity index (χ4n) is 3.27. The van der Waals surface area contributed by atoms with Gasteiger partial charge < -0.3 is 9.05 Å². The van der Waals surface area contributed by atoms with Gasteiger partial charge in [-0.15, -0.1) is 0 Å². The molecule has 0 N–H and O–H groups in total. The van der Waals surface area contributed by atoms with E-state index in [2.05, 4.69) is 32.9 Å². The molecule has 170 valence electrons. The highest BCUT2D eigenvalue weighted by Crippen LogP contribution is 2.56. The molecule has 1 aliphatic heterocycles. The molecule has 30 heavy (non-hydrogen) atoms. The van der Waals surface area contributed by atoms with Gasteiger partial charge in [0, 0.05) is 6.54 Å². The van der Waals surface area contributed by atoms with Crippen molar-refractivity contribution < 1.29 is 23.2 Å². The van der Waals surface area contributed by atoms with E-state index in [1.54, 1.807) is 13.8 Å². The van der Waals surface area contributed by atoms with E-state index in [9.17, 15) is 14.2 Å². The molecule has 0 aromatic heterocycles. The maximum absolute atomic E-state index is 12.9. The van der Waals surface area contributed by atoms with Crippen LogP contribution in [0.15, 0.2) is 34.9 Å². The monoisotopic (exact) mass is 439 g/mol. The zero-order chi connectivity index (χ0) is 22.7. The zero-order valence-corrected chi connectivity index (χ0v) is 20.3. The predicted octanol–water partition coefficient (Wildman–Crippen LogP) is 5.80. The summed E-state index contributed by atoms with van der Waals surface area (Å²) in [5.41, 5.74) is 2.79. The first-order valence-electron chi connectivity index (χ1n) is 10.8. The van der Waals surface area contributed by atoms with Gasteiger partial charge in [-0.3, -0.25) is 19.1 Å². The van der Waals surface area contributed by atoms with E-state index in [4.69, 9.17) is 9.05 Å². The molecule has 0 radical (unpaired) electrons. The van der Waals surface area contributed by atoms with Crippen molar-refractivity contribution in [3.63, 3.8) is 0 Å². The molecule has 1 aliphatic rings. The van der Waals surface area contributed by atoms with Crippen molar-refractivity contribution in [2.75, 3.05) is 19.8 Å². The van der Waals surface area contributed by atoms with Gasteiger partial charge in [0.2, 0.25) is 11.8 Å². The summed E-state index contributed by atoms with van der Waals surface area (Å²) in [7, 11) is -3.63. The Morgan fingerprint density at radius 2 is 1.50 bits per heavy atom. The minimum Gasteiger partial charge on any atom is -0.308 e. The van der Waals surface area contributed by atoms with Gasteiger partial charge in [-0.05, 0) is 67.2 Å². The molecule has 0 bridgehead atoms. The molecule has 0 saturated carbocycles. The second-order valence-corrected chi connectivity index (χ2v) is 10.1. The van der Waals surface area contributed by atoms with Crippen LogP contribution in [-0.2, 0) is 23.2 Å². The van der Waals surface area contributed by atoms with Crippen molar-refractivity contribution in [2.24, 2.45) is 0 Å². The van der Waals surface area contributed by atoms with E-state index in [0.29, 0.717) is 0 Å². The van der Waals surface area contributed by atoms with E-state index in [1.165, 1.54) is 16.0 Å². The maximum atomic E-state index is 12.9. The third kappa shape index (κ3) is 8.33. The number of carbonyl (C=O) groups is 2. The number of amides is 2. The van der Waals surface area contributed by atoms with E-state index < -0.39 is 19.2 Å². The summed E-state index contributed by atoms with van der Waals surface area (Å²) in [5, 5.41) is 0. The number of nitrogens with zero attached hydrogens (tertiary/aromatic N) is 1. The van der Waals surface area contributed by atoms with Crippen LogP contribution in [0.25, 0.3) is 0 Å². The molecule has 1 atom stereocenters. The Bertz CT molecular complexity index is 724. The van der Waals surface area contributed by atoms with Crippen LogP contribution in [-0.4, -0.2) is 42.1 Å². The summed E-state index contributed by atoms with van der Waals surface area (Å²) >= 11 is 0. The molecule has 1 heterocycles. The lowest BCUT2D eigenvalue weighted by molar-refractivity contribution is -0.137. The Balaban J connectivity index is 2.62. The summed E-state index contributed by atoms with van der Waals surface area (Å²) in [6, 6.07) is 0. The number of hydrogen-bond acceptors (Lipinski definition) is 5. The van der Waals surface area contributed by atoms with Gasteiger partial charge in [0.25, 0.3) is 0 Å². The van der Waals surface area contributed by atoms with Crippen molar-refractivity contribution in [3.05, 3.63) is 34.9 Å². The van der Waals surface area contributed by atoms with Crippen LogP contribution in [0.5, 0.6) is 0 Å². The molecule has 1 unspecified atom stereocenters. The Kier molecular flexibility index (Phi) is 11.5. The fourth-order valence-corrected chi connectivity index (χ4v) is 5.21. The summed E-state index contributed by atoms with van der Waals surface area (Å²) in [5.74, 6) is -0.798. The van der Waals surface area contributed by atoms with Gasteiger partial charge in [0.05, 0.1) is 19.6 Å². The lowest BCUT2D eigenvalue weighted by atomic mass is 10.1. The highest BCUT2D eigenvalue weighted by Gasteiger charge is 2.50. The fraction of sp³-hybridized carbons (Fsp3) is 0.652. The van der Waals surface area contributed by atoms with E-state index in [1.807, 2.05) is 13.0 Å². The van der Waals surface area contributed by atoms with Crippen molar-refractivity contribution in [3.8, 4) is 0 Å². The van der Waals surface area contributed by atoms with Gasteiger partial charge >= 0.3 is 7.60 Å². The molecule has 6 nitrogen and oxygen atoms in total. The van der Waals surface area contributed by atoms with Gasteiger partial charge in [0.1, 0.15) is 5.66 Å². The molecule has 0 aromatic carbocycles. The minimum absolute atomic E-state index is 0.128. The van der Waals surface area contributed by atoms with Crippen LogP contribution in [0.2, 0.25) is 0 Å². The highest BCUT2D eigenvalue weighted by molar-refractivity contribution is 7.55. The first-order chi connectivity index (χ1) is 14.1. The van der Waals surface area contributed by atoms with Gasteiger partial charge in [-0.25, -0.2) is 0 Å². The third-order valence-electron chi connectivity index (χ3n) is 4.96. The standard InChI is InChI=1S/C23H38NO5P/c1-7-28-30(27,29-8-2)21-17-22(25)24(23(21)26)16-15-20(6)14-10-13-19(5)12-9-11-18(3)4/h11,13,15,21H,7-10,12,14,16-17H2,1-6H3/b19-13+,20-15+. The summed E-state index contributed by atoms with van der Waals surface area (Å²) in [6.07, 6.45) is 10.2. The first-order valence-corrected chi connectivity index (χ1v) is 12.4. The lowest BCUT2D eigenvalue weighted by Gasteiger charge is -2.21. The smallest absolute Gasteiger partial charge is 0.308 e. The number of rotatable bonds is 13. The van der Waals surface area contributed by atoms with Crippen molar-refractivity contribution in [2.45, 2.75) is 79.3 Å². The van der Waals surface area contributed by atoms with Crippen LogP contribution in [0.4, 0.5) is 0 Å². The second-order valence-electron chi connectivity index (χ2n) is 7.90. The quantitative estimate of drug-likeness (QED) is 0.206. The Morgan fingerprint density at radius 1 is 0.967 bits per heavy atom. The molecule has 7 heteroatoms. The number of likely N-dealkylation sites (tertiary alicyclic amines) is 1.